The first-order chi connectivity index (χ1) is 6.50. The van der Waals surface area contributed by atoms with E-state index in [0.717, 1.165) is 17.8 Å². The van der Waals surface area contributed by atoms with E-state index in [1.807, 2.05) is 0 Å². The summed E-state index contributed by atoms with van der Waals surface area (Å²) in [7, 11) is 0. The summed E-state index contributed by atoms with van der Waals surface area (Å²) in [5.41, 5.74) is 1.03. The minimum absolute atomic E-state index is 0.453. The molecule has 3 aliphatic rings. The van der Waals surface area contributed by atoms with E-state index in [1.165, 1.54) is 19.3 Å². The molecule has 80 valence electrons. The molecule has 6 atom stereocenters. The summed E-state index contributed by atoms with van der Waals surface area (Å²) < 4.78 is 0. The molecule has 1 heteroatoms. The van der Waals surface area contributed by atoms with E-state index in [2.05, 4.69) is 33.0 Å². The first-order valence-electron chi connectivity index (χ1n) is 6.28. The van der Waals surface area contributed by atoms with E-state index >= 15 is 0 Å². The van der Waals surface area contributed by atoms with Crippen LogP contribution in [0.4, 0.5) is 0 Å². The lowest BCUT2D eigenvalue weighted by molar-refractivity contribution is 0.0630. The SMILES string of the molecule is CC1NC2(C)C3CCC(C3)C2(C)C1C. The van der Waals surface area contributed by atoms with E-state index in [1.54, 1.807) is 0 Å². The Hall–Kier alpha value is -0.0400. The molecular weight excluding hydrogens is 170 g/mol. The van der Waals surface area contributed by atoms with Gasteiger partial charge in [-0.3, -0.25) is 0 Å². The molecule has 2 bridgehead atoms. The molecule has 3 rings (SSSR count). The van der Waals surface area contributed by atoms with Gasteiger partial charge in [-0.2, -0.15) is 0 Å². The van der Waals surface area contributed by atoms with Gasteiger partial charge >= 0.3 is 0 Å². The van der Waals surface area contributed by atoms with Crippen molar-refractivity contribution in [2.24, 2.45) is 23.2 Å². The maximum absolute atomic E-state index is 3.91. The molecule has 2 aliphatic carbocycles. The van der Waals surface area contributed by atoms with Crippen LogP contribution in [0.5, 0.6) is 0 Å². The third-order valence-corrected chi connectivity index (χ3v) is 6.44. The van der Waals surface area contributed by atoms with Crippen molar-refractivity contribution in [1.82, 2.24) is 5.32 Å². The summed E-state index contributed by atoms with van der Waals surface area (Å²) in [4.78, 5) is 0. The Balaban J connectivity index is 2.09. The van der Waals surface area contributed by atoms with Crippen molar-refractivity contribution in [2.75, 3.05) is 0 Å². The number of fused-ring (bicyclic) bond motifs is 5. The van der Waals surface area contributed by atoms with Crippen LogP contribution in [-0.4, -0.2) is 11.6 Å². The van der Waals surface area contributed by atoms with Crippen LogP contribution in [0, 0.1) is 23.2 Å². The Morgan fingerprint density at radius 3 is 2.36 bits per heavy atom. The lowest BCUT2D eigenvalue weighted by Gasteiger charge is -2.46. The van der Waals surface area contributed by atoms with Crippen LogP contribution < -0.4 is 5.32 Å². The highest BCUT2D eigenvalue weighted by atomic mass is 15.1. The second-order valence-corrected chi connectivity index (χ2v) is 6.41. The van der Waals surface area contributed by atoms with E-state index in [-0.39, 0.29) is 0 Å². The van der Waals surface area contributed by atoms with Crippen LogP contribution in [0.15, 0.2) is 0 Å². The normalized spacial score (nSPS) is 66.0. The standard InChI is InChI=1S/C13H23N/c1-8-9(2)14-13(4)11-6-5-10(7-11)12(8,13)3/h8-11,14H,5-7H2,1-4H3. The van der Waals surface area contributed by atoms with Gasteiger partial charge in [0.25, 0.3) is 0 Å². The Bertz CT molecular complexity index is 270. The maximum Gasteiger partial charge on any atom is 0.0243 e. The molecule has 1 N–H and O–H groups in total. The molecule has 1 aliphatic heterocycles. The molecular formula is C13H23N. The van der Waals surface area contributed by atoms with Gasteiger partial charge in [0, 0.05) is 11.6 Å². The molecule has 0 aromatic rings. The van der Waals surface area contributed by atoms with Gasteiger partial charge in [0.2, 0.25) is 0 Å². The molecule has 0 spiro atoms. The van der Waals surface area contributed by atoms with Crippen molar-refractivity contribution in [1.29, 1.82) is 0 Å². The topological polar surface area (TPSA) is 12.0 Å². The minimum Gasteiger partial charge on any atom is -0.308 e. The first kappa shape index (κ1) is 9.21. The van der Waals surface area contributed by atoms with Gasteiger partial charge in [-0.15, -0.1) is 0 Å². The van der Waals surface area contributed by atoms with Gasteiger partial charge in [-0.1, -0.05) is 13.8 Å². The third kappa shape index (κ3) is 0.711. The van der Waals surface area contributed by atoms with Crippen molar-refractivity contribution < 1.29 is 0 Å². The third-order valence-electron chi connectivity index (χ3n) is 6.44. The van der Waals surface area contributed by atoms with Crippen LogP contribution in [0.2, 0.25) is 0 Å². The molecule has 1 nitrogen and oxygen atoms in total. The second-order valence-electron chi connectivity index (χ2n) is 6.41. The monoisotopic (exact) mass is 193 g/mol. The van der Waals surface area contributed by atoms with E-state index in [4.69, 9.17) is 0 Å². The molecule has 14 heavy (non-hydrogen) atoms. The highest BCUT2D eigenvalue weighted by molar-refractivity contribution is 5.22. The van der Waals surface area contributed by atoms with Crippen LogP contribution >= 0.6 is 0 Å². The van der Waals surface area contributed by atoms with E-state index < -0.39 is 0 Å². The summed E-state index contributed by atoms with van der Waals surface area (Å²) in [6.45, 7) is 9.89. The van der Waals surface area contributed by atoms with Crippen LogP contribution in [0.3, 0.4) is 0 Å². The van der Waals surface area contributed by atoms with Crippen LogP contribution in [0.25, 0.3) is 0 Å². The van der Waals surface area contributed by atoms with Gasteiger partial charge in [0.1, 0.15) is 0 Å². The molecule has 3 fully saturated rings. The summed E-state index contributed by atoms with van der Waals surface area (Å²) in [6.07, 6.45) is 4.47. The highest BCUT2D eigenvalue weighted by Crippen LogP contribution is 2.67. The number of rotatable bonds is 0. The Labute approximate surface area is 87.7 Å². The Kier molecular flexibility index (Phi) is 1.56. The largest absolute Gasteiger partial charge is 0.308 e. The molecule has 0 aromatic carbocycles. The first-order valence-corrected chi connectivity index (χ1v) is 6.28. The minimum atomic E-state index is 0.453. The molecule has 1 heterocycles. The van der Waals surface area contributed by atoms with Gasteiger partial charge in [0.05, 0.1) is 0 Å². The van der Waals surface area contributed by atoms with Crippen LogP contribution in [0.1, 0.15) is 47.0 Å². The van der Waals surface area contributed by atoms with Gasteiger partial charge in [0.15, 0.2) is 0 Å². The van der Waals surface area contributed by atoms with Gasteiger partial charge < -0.3 is 5.32 Å². The molecule has 0 amide bonds. The molecule has 6 unspecified atom stereocenters. The van der Waals surface area contributed by atoms with E-state index in [9.17, 15) is 0 Å². The molecule has 1 saturated heterocycles. The summed E-state index contributed by atoms with van der Waals surface area (Å²) in [5.74, 6) is 2.82. The lowest BCUT2D eigenvalue weighted by atomic mass is 9.60. The smallest absolute Gasteiger partial charge is 0.0243 e. The number of hydrogen-bond acceptors (Lipinski definition) is 1. The van der Waals surface area contributed by atoms with Crippen molar-refractivity contribution in [3.63, 3.8) is 0 Å². The van der Waals surface area contributed by atoms with Crippen molar-refractivity contribution in [3.05, 3.63) is 0 Å². The summed E-state index contributed by atoms with van der Waals surface area (Å²) in [5, 5.41) is 3.91. The zero-order chi connectivity index (χ0) is 10.1. The predicted octanol–water partition coefficient (Wildman–Crippen LogP) is 2.81. The van der Waals surface area contributed by atoms with Crippen molar-refractivity contribution >= 4 is 0 Å². The maximum atomic E-state index is 3.91. The van der Waals surface area contributed by atoms with Crippen molar-refractivity contribution in [2.45, 2.75) is 58.5 Å². The molecule has 0 radical (unpaired) electrons. The van der Waals surface area contributed by atoms with E-state index in [0.29, 0.717) is 17.0 Å². The predicted molar refractivity (Wildman–Crippen MR) is 59.1 cm³/mol. The number of hydrogen-bond donors (Lipinski definition) is 1. The number of nitrogens with one attached hydrogen (secondary N) is 1. The Morgan fingerprint density at radius 2 is 1.71 bits per heavy atom. The average molecular weight is 193 g/mol. The van der Waals surface area contributed by atoms with Gasteiger partial charge in [-0.05, 0) is 56.3 Å². The zero-order valence-corrected chi connectivity index (χ0v) is 9.93. The average Bonchev–Trinajstić information content (AvgIpc) is 2.72. The molecule has 0 aromatic heterocycles. The fraction of sp³-hybridized carbons (Fsp3) is 1.00. The summed E-state index contributed by atoms with van der Waals surface area (Å²) in [6, 6.07) is 0.716. The van der Waals surface area contributed by atoms with Gasteiger partial charge in [-0.25, -0.2) is 0 Å². The second kappa shape index (κ2) is 2.37. The van der Waals surface area contributed by atoms with Crippen molar-refractivity contribution in [3.8, 4) is 0 Å². The van der Waals surface area contributed by atoms with Crippen LogP contribution in [-0.2, 0) is 0 Å². The zero-order valence-electron chi connectivity index (χ0n) is 9.93. The fourth-order valence-corrected chi connectivity index (χ4v) is 5.15. The quantitative estimate of drug-likeness (QED) is 0.624. The fourth-order valence-electron chi connectivity index (χ4n) is 5.15. The highest BCUT2D eigenvalue weighted by Gasteiger charge is 2.68. The Morgan fingerprint density at radius 1 is 1.07 bits per heavy atom. The summed E-state index contributed by atoms with van der Waals surface area (Å²) >= 11 is 0. The lowest BCUT2D eigenvalue weighted by Crippen LogP contribution is -2.53. The molecule has 2 saturated carbocycles.